The second-order valence-corrected chi connectivity index (χ2v) is 8.60. The van der Waals surface area contributed by atoms with Crippen molar-refractivity contribution in [2.75, 3.05) is 18.9 Å². The molecule has 3 atom stereocenters. The number of likely N-dealkylation sites (N-methyl/N-ethyl adjacent to an activating group) is 1. The van der Waals surface area contributed by atoms with E-state index in [9.17, 15) is 44.0 Å². The fourth-order valence-electron chi connectivity index (χ4n) is 5.09. The fourth-order valence-corrected chi connectivity index (χ4v) is 5.09. The quantitative estimate of drug-likeness (QED) is 0.229. The molecular weight excluding hydrogens is 453 g/mol. The number of hydrogen-bond acceptors (Lipinski definition) is 9. The van der Waals surface area contributed by atoms with Gasteiger partial charge in [0.25, 0.3) is 5.91 Å². The minimum atomic E-state index is -2.71. The van der Waals surface area contributed by atoms with Crippen LogP contribution >= 0.6 is 0 Å². The predicted molar refractivity (Wildman–Crippen MR) is 113 cm³/mol. The van der Waals surface area contributed by atoms with Gasteiger partial charge in [0.1, 0.15) is 22.9 Å². The topological polar surface area (TPSA) is 199 Å². The van der Waals surface area contributed by atoms with Crippen LogP contribution in [-0.2, 0) is 20.8 Å². The van der Waals surface area contributed by atoms with Gasteiger partial charge in [-0.1, -0.05) is 0 Å². The molecule has 0 bridgehead atoms. The van der Waals surface area contributed by atoms with Crippen molar-refractivity contribution in [2.45, 2.75) is 24.9 Å². The first-order valence-corrected chi connectivity index (χ1v) is 10.4. The predicted octanol–water partition coefficient (Wildman–Crippen LogP) is -0.122. The van der Waals surface area contributed by atoms with Gasteiger partial charge in [0, 0.05) is 29.5 Å². The maximum atomic E-state index is 14.9. The van der Waals surface area contributed by atoms with Gasteiger partial charge in [0.15, 0.2) is 17.1 Å². The molecule has 3 aliphatic rings. The number of Topliss-reactive ketones (excluding diaryl/α,β-unsaturated/α-hetero) is 2. The molecule has 1 unspecified atom stereocenters. The van der Waals surface area contributed by atoms with Crippen LogP contribution in [0.4, 0.5) is 10.1 Å². The van der Waals surface area contributed by atoms with Crippen LogP contribution in [0.3, 0.4) is 0 Å². The number of phenolic OH excluding ortho intramolecular Hbond substituents is 1. The second-order valence-electron chi connectivity index (χ2n) is 8.60. The molecule has 8 N–H and O–H groups in total. The Morgan fingerprint density at radius 2 is 1.91 bits per heavy atom. The first-order valence-electron chi connectivity index (χ1n) is 10.4. The summed E-state index contributed by atoms with van der Waals surface area (Å²) in [6.45, 7) is -0.154. The van der Waals surface area contributed by atoms with Gasteiger partial charge in [-0.25, -0.2) is 4.39 Å². The van der Waals surface area contributed by atoms with Gasteiger partial charge in [-0.05, 0) is 25.8 Å². The number of halogens is 1. The summed E-state index contributed by atoms with van der Waals surface area (Å²) in [4.78, 5) is 49.8. The van der Waals surface area contributed by atoms with Crippen LogP contribution in [0.2, 0.25) is 0 Å². The van der Waals surface area contributed by atoms with Crippen LogP contribution in [0.25, 0.3) is 0 Å². The highest BCUT2D eigenvalue weighted by Gasteiger charge is 2.59. The van der Waals surface area contributed by atoms with Crippen molar-refractivity contribution in [3.63, 3.8) is 0 Å². The Morgan fingerprint density at radius 1 is 1.24 bits per heavy atom. The lowest BCUT2D eigenvalue weighted by atomic mass is 9.60. The smallest absolute Gasteiger partial charge is 0.255 e. The highest BCUT2D eigenvalue weighted by atomic mass is 19.1. The SMILES string of the molecule is CNCC(=O)Nc1cc(F)c2c(c1O)C(=O)C1=C(O)[C@]3(O)C(=O)C(C(N)=O)=C(O)C[C@@H]3CC1C2. The molecule has 1 aromatic carbocycles. The van der Waals surface area contributed by atoms with Crippen molar-refractivity contribution < 1.29 is 44.0 Å². The highest BCUT2D eigenvalue weighted by molar-refractivity contribution is 6.24. The number of primary amides is 1. The molecule has 180 valence electrons. The number of rotatable bonds is 4. The van der Waals surface area contributed by atoms with E-state index in [0.717, 1.165) is 6.07 Å². The van der Waals surface area contributed by atoms with E-state index in [1.807, 2.05) is 0 Å². The summed E-state index contributed by atoms with van der Waals surface area (Å²) in [7, 11) is 1.50. The number of carbonyl (C=O) groups is 4. The van der Waals surface area contributed by atoms with Gasteiger partial charge in [-0.2, -0.15) is 0 Å². The molecular formula is C22H22FN3O8. The van der Waals surface area contributed by atoms with E-state index in [1.54, 1.807) is 0 Å². The van der Waals surface area contributed by atoms with Crippen molar-refractivity contribution in [3.05, 3.63) is 45.7 Å². The van der Waals surface area contributed by atoms with Crippen LogP contribution in [0.15, 0.2) is 28.7 Å². The van der Waals surface area contributed by atoms with Gasteiger partial charge in [-0.15, -0.1) is 0 Å². The molecule has 12 heteroatoms. The summed E-state index contributed by atoms with van der Waals surface area (Å²) < 4.78 is 14.9. The van der Waals surface area contributed by atoms with E-state index >= 15 is 0 Å². The number of aliphatic hydroxyl groups excluding tert-OH is 2. The number of anilines is 1. The van der Waals surface area contributed by atoms with Crippen molar-refractivity contribution in [3.8, 4) is 5.75 Å². The average molecular weight is 475 g/mol. The maximum absolute atomic E-state index is 14.9. The minimum absolute atomic E-state index is 0.107. The Bertz CT molecular complexity index is 1240. The summed E-state index contributed by atoms with van der Waals surface area (Å²) >= 11 is 0. The molecule has 0 aliphatic heterocycles. The van der Waals surface area contributed by atoms with Crippen LogP contribution < -0.4 is 16.4 Å². The number of amides is 2. The van der Waals surface area contributed by atoms with Crippen LogP contribution in [0.5, 0.6) is 5.75 Å². The summed E-state index contributed by atoms with van der Waals surface area (Å²) in [5.74, 6) is -9.56. The van der Waals surface area contributed by atoms with E-state index in [-0.39, 0.29) is 37.1 Å². The van der Waals surface area contributed by atoms with Crippen LogP contribution in [0.1, 0.15) is 28.8 Å². The van der Waals surface area contributed by atoms with Crippen LogP contribution in [-0.4, -0.2) is 63.0 Å². The minimum Gasteiger partial charge on any atom is -0.511 e. The standard InChI is InChI=1S/C22H22FN3O8/c1-25-6-13(28)26-11-5-10(23)9-3-7-2-8-4-12(27)16(21(24)33)20(32)22(8,34)19(31)14(7)18(30)15(9)17(11)29/h5,7-8,25,27,29,31,34H,2-4,6H2,1H3,(H2,24,33)(H,26,28)/t7?,8-,22-/m0/s1. The molecule has 4 rings (SSSR count). The Morgan fingerprint density at radius 3 is 2.53 bits per heavy atom. The van der Waals surface area contributed by atoms with E-state index in [0.29, 0.717) is 0 Å². The maximum Gasteiger partial charge on any atom is 0.255 e. The third-order valence-corrected chi connectivity index (χ3v) is 6.62. The molecule has 34 heavy (non-hydrogen) atoms. The van der Waals surface area contributed by atoms with Gasteiger partial charge in [0.05, 0.1) is 17.8 Å². The zero-order valence-electron chi connectivity index (χ0n) is 17.9. The largest absolute Gasteiger partial charge is 0.511 e. The Kier molecular flexibility index (Phi) is 5.45. The molecule has 0 radical (unpaired) electrons. The second kappa shape index (κ2) is 7.92. The lowest BCUT2D eigenvalue weighted by Crippen LogP contribution is -2.57. The summed E-state index contributed by atoms with van der Waals surface area (Å²) in [5, 5.41) is 47.7. The van der Waals surface area contributed by atoms with E-state index in [4.69, 9.17) is 5.73 Å². The third-order valence-electron chi connectivity index (χ3n) is 6.62. The van der Waals surface area contributed by atoms with Gasteiger partial charge in [0.2, 0.25) is 11.7 Å². The molecule has 1 aromatic rings. The number of fused-ring (bicyclic) bond motifs is 3. The fraction of sp³-hybridized carbons (Fsp3) is 0.364. The molecule has 11 nitrogen and oxygen atoms in total. The number of benzene rings is 1. The number of phenols is 1. The highest BCUT2D eigenvalue weighted by Crippen LogP contribution is 2.52. The average Bonchev–Trinajstić information content (AvgIpc) is 2.74. The Hall–Kier alpha value is -3.77. The van der Waals surface area contributed by atoms with Crippen molar-refractivity contribution >= 4 is 29.1 Å². The molecule has 0 aromatic heterocycles. The molecule has 2 amide bonds. The van der Waals surface area contributed by atoms with Crippen molar-refractivity contribution in [2.24, 2.45) is 17.6 Å². The first kappa shape index (κ1) is 23.4. The van der Waals surface area contributed by atoms with E-state index in [2.05, 4.69) is 10.6 Å². The van der Waals surface area contributed by atoms with E-state index in [1.165, 1.54) is 7.05 Å². The number of carbonyl (C=O) groups excluding carboxylic acids is 4. The zero-order valence-corrected chi connectivity index (χ0v) is 17.9. The normalized spacial score (nSPS) is 26.1. The summed E-state index contributed by atoms with van der Waals surface area (Å²) in [6.07, 6.45) is -0.651. The summed E-state index contributed by atoms with van der Waals surface area (Å²) in [6, 6.07) is 0.876. The molecule has 0 spiro atoms. The van der Waals surface area contributed by atoms with Crippen LogP contribution in [0, 0.1) is 17.7 Å². The molecule has 0 heterocycles. The zero-order chi connectivity index (χ0) is 25.1. The monoisotopic (exact) mass is 475 g/mol. The molecule has 3 aliphatic carbocycles. The lowest BCUT2D eigenvalue weighted by molar-refractivity contribution is -0.144. The summed E-state index contributed by atoms with van der Waals surface area (Å²) in [5.41, 5.74) is 0.105. The number of nitrogens with one attached hydrogen (secondary N) is 2. The number of aromatic hydroxyl groups is 1. The Labute approximate surface area is 191 Å². The molecule has 0 saturated heterocycles. The van der Waals surface area contributed by atoms with E-state index < -0.39 is 80.6 Å². The van der Waals surface area contributed by atoms with Crippen molar-refractivity contribution in [1.29, 1.82) is 0 Å². The van der Waals surface area contributed by atoms with Gasteiger partial charge < -0.3 is 36.8 Å². The molecule has 0 fully saturated rings. The number of ketones is 2. The number of nitrogens with two attached hydrogens (primary N) is 1. The van der Waals surface area contributed by atoms with Gasteiger partial charge in [-0.3, -0.25) is 19.2 Å². The lowest BCUT2D eigenvalue weighted by Gasteiger charge is -2.45. The number of aliphatic hydroxyl groups is 3. The number of allylic oxidation sites excluding steroid dienone is 2. The van der Waals surface area contributed by atoms with Gasteiger partial charge >= 0.3 is 0 Å². The van der Waals surface area contributed by atoms with Crippen molar-refractivity contribution in [1.82, 2.24) is 5.32 Å². The first-order chi connectivity index (χ1) is 15.9. The molecule has 0 saturated carbocycles. The third kappa shape index (κ3) is 3.17. The number of hydrogen-bond donors (Lipinski definition) is 7. The Balaban J connectivity index is 1.85.